The number of H-pyrrole nitrogens is 1. The van der Waals surface area contributed by atoms with Gasteiger partial charge in [0.25, 0.3) is 0 Å². The molecule has 1 aliphatic heterocycles. The van der Waals surface area contributed by atoms with E-state index in [2.05, 4.69) is 35.9 Å². The standard InChI is InChI=1S/C17H21N3O/c1-12(2)10-15(21)20-9-8-14-16(19-11-18-14)17(20)13-6-4-3-5-7-13/h3-7,11-12,17H,8-10H2,1-2H3,(H,18,19). The van der Waals surface area contributed by atoms with Crippen LogP contribution in [0.15, 0.2) is 36.7 Å². The third kappa shape index (κ3) is 2.71. The molecule has 110 valence electrons. The van der Waals surface area contributed by atoms with Crippen molar-refractivity contribution in [2.45, 2.75) is 32.7 Å². The van der Waals surface area contributed by atoms with Gasteiger partial charge >= 0.3 is 0 Å². The highest BCUT2D eigenvalue weighted by Crippen LogP contribution is 2.33. The Morgan fingerprint density at radius 1 is 1.38 bits per heavy atom. The van der Waals surface area contributed by atoms with Gasteiger partial charge in [-0.25, -0.2) is 4.98 Å². The van der Waals surface area contributed by atoms with Crippen LogP contribution in [0.2, 0.25) is 0 Å². The summed E-state index contributed by atoms with van der Waals surface area (Å²) in [6.07, 6.45) is 3.17. The van der Waals surface area contributed by atoms with Crippen LogP contribution in [0.3, 0.4) is 0 Å². The lowest BCUT2D eigenvalue weighted by Crippen LogP contribution is -2.41. The van der Waals surface area contributed by atoms with Crippen molar-refractivity contribution in [2.24, 2.45) is 5.92 Å². The van der Waals surface area contributed by atoms with Gasteiger partial charge < -0.3 is 9.88 Å². The molecule has 0 fully saturated rings. The fraction of sp³-hybridized carbons (Fsp3) is 0.412. The van der Waals surface area contributed by atoms with Crippen molar-refractivity contribution < 1.29 is 4.79 Å². The number of fused-ring (bicyclic) bond motifs is 1. The summed E-state index contributed by atoms with van der Waals surface area (Å²) in [7, 11) is 0. The van der Waals surface area contributed by atoms with Crippen molar-refractivity contribution >= 4 is 5.91 Å². The molecule has 1 N–H and O–H groups in total. The van der Waals surface area contributed by atoms with Crippen molar-refractivity contribution in [1.82, 2.24) is 14.9 Å². The van der Waals surface area contributed by atoms with Gasteiger partial charge in [-0.05, 0) is 11.5 Å². The Morgan fingerprint density at radius 3 is 2.86 bits per heavy atom. The average molecular weight is 283 g/mol. The lowest BCUT2D eigenvalue weighted by atomic mass is 9.94. The van der Waals surface area contributed by atoms with Gasteiger partial charge in [-0.2, -0.15) is 0 Å². The second-order valence-electron chi connectivity index (χ2n) is 6.01. The predicted molar refractivity (Wildman–Crippen MR) is 81.7 cm³/mol. The Labute approximate surface area is 125 Å². The molecule has 1 unspecified atom stereocenters. The number of aromatic amines is 1. The summed E-state index contributed by atoms with van der Waals surface area (Å²) in [6, 6.07) is 10.1. The van der Waals surface area contributed by atoms with Crippen LogP contribution in [0.4, 0.5) is 0 Å². The van der Waals surface area contributed by atoms with E-state index < -0.39 is 0 Å². The molecule has 4 heteroatoms. The molecule has 21 heavy (non-hydrogen) atoms. The Bertz CT molecular complexity index is 618. The number of hydrogen-bond acceptors (Lipinski definition) is 2. The minimum atomic E-state index is -0.0625. The quantitative estimate of drug-likeness (QED) is 0.941. The minimum absolute atomic E-state index is 0.0625. The van der Waals surface area contributed by atoms with Crippen molar-refractivity contribution in [3.8, 4) is 0 Å². The first-order valence-electron chi connectivity index (χ1n) is 7.53. The molecular weight excluding hydrogens is 262 g/mol. The molecule has 0 aliphatic carbocycles. The maximum Gasteiger partial charge on any atom is 0.223 e. The number of nitrogens with zero attached hydrogens (tertiary/aromatic N) is 2. The van der Waals surface area contributed by atoms with Crippen LogP contribution >= 0.6 is 0 Å². The van der Waals surface area contributed by atoms with Gasteiger partial charge in [0.2, 0.25) is 5.91 Å². The molecule has 0 radical (unpaired) electrons. The summed E-state index contributed by atoms with van der Waals surface area (Å²) in [5.74, 6) is 0.585. The normalized spacial score (nSPS) is 17.9. The molecule has 2 heterocycles. The topological polar surface area (TPSA) is 49.0 Å². The molecule has 1 aliphatic rings. The zero-order valence-electron chi connectivity index (χ0n) is 12.5. The smallest absolute Gasteiger partial charge is 0.223 e. The molecule has 0 saturated carbocycles. The molecule has 0 bridgehead atoms. The van der Waals surface area contributed by atoms with Gasteiger partial charge in [0.05, 0.1) is 12.0 Å². The summed E-state index contributed by atoms with van der Waals surface area (Å²) in [5.41, 5.74) is 3.27. The number of carbonyl (C=O) groups excluding carboxylic acids is 1. The Hall–Kier alpha value is -2.10. The first kappa shape index (κ1) is 13.9. The number of carbonyl (C=O) groups is 1. The number of rotatable bonds is 3. The monoisotopic (exact) mass is 283 g/mol. The SMILES string of the molecule is CC(C)CC(=O)N1CCc2[nH]cnc2C1c1ccccc1. The van der Waals surface area contributed by atoms with E-state index in [1.807, 2.05) is 23.1 Å². The lowest BCUT2D eigenvalue weighted by molar-refractivity contribution is -0.134. The summed E-state index contributed by atoms with van der Waals surface area (Å²) >= 11 is 0. The number of benzene rings is 1. The van der Waals surface area contributed by atoms with E-state index in [-0.39, 0.29) is 11.9 Å². The van der Waals surface area contributed by atoms with Crippen LogP contribution in [0.1, 0.15) is 43.3 Å². The van der Waals surface area contributed by atoms with Gasteiger partial charge in [0, 0.05) is 25.1 Å². The van der Waals surface area contributed by atoms with Crippen LogP contribution < -0.4 is 0 Å². The molecule has 0 saturated heterocycles. The minimum Gasteiger partial charge on any atom is -0.348 e. The first-order chi connectivity index (χ1) is 10.2. The molecule has 1 atom stereocenters. The zero-order chi connectivity index (χ0) is 14.8. The van der Waals surface area contributed by atoms with Crippen LogP contribution in [0.25, 0.3) is 0 Å². The molecule has 4 nitrogen and oxygen atoms in total. The fourth-order valence-corrected chi connectivity index (χ4v) is 2.98. The summed E-state index contributed by atoms with van der Waals surface area (Å²) in [6.45, 7) is 4.92. The molecule has 3 rings (SSSR count). The second-order valence-corrected chi connectivity index (χ2v) is 6.01. The van der Waals surface area contributed by atoms with Gasteiger partial charge in [0.15, 0.2) is 0 Å². The van der Waals surface area contributed by atoms with Crippen molar-refractivity contribution in [3.05, 3.63) is 53.6 Å². The molecule has 1 aromatic heterocycles. The molecule has 1 aromatic carbocycles. The third-order valence-corrected chi connectivity index (χ3v) is 3.94. The van der Waals surface area contributed by atoms with Gasteiger partial charge in [-0.1, -0.05) is 44.2 Å². The van der Waals surface area contributed by atoms with E-state index in [1.54, 1.807) is 6.33 Å². The summed E-state index contributed by atoms with van der Waals surface area (Å²) in [4.78, 5) is 22.3. The highest BCUT2D eigenvalue weighted by Gasteiger charge is 2.33. The van der Waals surface area contributed by atoms with E-state index in [4.69, 9.17) is 0 Å². The number of amides is 1. The zero-order valence-corrected chi connectivity index (χ0v) is 12.5. The summed E-state index contributed by atoms with van der Waals surface area (Å²) < 4.78 is 0. The summed E-state index contributed by atoms with van der Waals surface area (Å²) in [5, 5.41) is 0. The van der Waals surface area contributed by atoms with E-state index in [0.29, 0.717) is 12.3 Å². The Kier molecular flexibility index (Phi) is 3.78. The first-order valence-corrected chi connectivity index (χ1v) is 7.53. The van der Waals surface area contributed by atoms with Crippen molar-refractivity contribution in [2.75, 3.05) is 6.54 Å². The van der Waals surface area contributed by atoms with Crippen molar-refractivity contribution in [1.29, 1.82) is 0 Å². The Balaban J connectivity index is 1.98. The van der Waals surface area contributed by atoms with Crippen LogP contribution in [0, 0.1) is 5.92 Å². The molecule has 2 aromatic rings. The highest BCUT2D eigenvalue weighted by atomic mass is 16.2. The van der Waals surface area contributed by atoms with Gasteiger partial charge in [0.1, 0.15) is 6.04 Å². The number of imidazole rings is 1. The van der Waals surface area contributed by atoms with Gasteiger partial charge in [-0.15, -0.1) is 0 Å². The van der Waals surface area contributed by atoms with E-state index in [1.165, 1.54) is 0 Å². The van der Waals surface area contributed by atoms with Crippen molar-refractivity contribution in [3.63, 3.8) is 0 Å². The predicted octanol–water partition coefficient (Wildman–Crippen LogP) is 2.93. The molecule has 1 amide bonds. The van der Waals surface area contributed by atoms with Gasteiger partial charge in [-0.3, -0.25) is 4.79 Å². The molecule has 0 spiro atoms. The molecular formula is C17H21N3O. The van der Waals surface area contributed by atoms with E-state index in [0.717, 1.165) is 29.9 Å². The fourth-order valence-electron chi connectivity index (χ4n) is 2.98. The van der Waals surface area contributed by atoms with E-state index in [9.17, 15) is 4.79 Å². The number of hydrogen-bond donors (Lipinski definition) is 1. The number of nitrogens with one attached hydrogen (secondary N) is 1. The Morgan fingerprint density at radius 2 is 2.14 bits per heavy atom. The third-order valence-electron chi connectivity index (χ3n) is 3.94. The highest BCUT2D eigenvalue weighted by molar-refractivity contribution is 5.77. The van der Waals surface area contributed by atoms with Crippen LogP contribution in [0.5, 0.6) is 0 Å². The van der Waals surface area contributed by atoms with Crippen LogP contribution in [-0.2, 0) is 11.2 Å². The largest absolute Gasteiger partial charge is 0.348 e. The second kappa shape index (κ2) is 5.72. The van der Waals surface area contributed by atoms with E-state index >= 15 is 0 Å². The maximum absolute atomic E-state index is 12.6. The number of aromatic nitrogens is 2. The lowest BCUT2D eigenvalue weighted by Gasteiger charge is -2.35. The van der Waals surface area contributed by atoms with Crippen LogP contribution in [-0.4, -0.2) is 27.3 Å². The maximum atomic E-state index is 12.6. The average Bonchev–Trinajstić information content (AvgIpc) is 2.94.